The molecule has 0 aromatic carbocycles. The van der Waals surface area contributed by atoms with Gasteiger partial charge >= 0.3 is 0 Å². The van der Waals surface area contributed by atoms with E-state index in [9.17, 15) is 10.2 Å². The van der Waals surface area contributed by atoms with Crippen molar-refractivity contribution < 1.29 is 10.2 Å². The van der Waals surface area contributed by atoms with Gasteiger partial charge in [-0.3, -0.25) is 5.32 Å². The van der Waals surface area contributed by atoms with Crippen molar-refractivity contribution in [3.8, 4) is 0 Å². The molecule has 2 rings (SSSR count). The number of aliphatic hydroxyl groups is 2. The first kappa shape index (κ1) is 11.3. The van der Waals surface area contributed by atoms with Crippen molar-refractivity contribution in [2.75, 3.05) is 33.4 Å². The van der Waals surface area contributed by atoms with Crippen LogP contribution < -0.4 is 26.6 Å². The van der Waals surface area contributed by atoms with Gasteiger partial charge in [0.15, 0.2) is 6.29 Å². The summed E-state index contributed by atoms with van der Waals surface area (Å²) in [6.45, 7) is 0.937. The van der Waals surface area contributed by atoms with E-state index in [1.807, 2.05) is 7.05 Å². The molecule has 0 fully saturated rings. The van der Waals surface area contributed by atoms with Crippen LogP contribution in [0.1, 0.15) is 0 Å². The number of aliphatic hydroxyl groups excluding tert-OH is 2. The molecule has 7 nitrogen and oxygen atoms in total. The third-order valence-corrected chi connectivity index (χ3v) is 3.07. The Morgan fingerprint density at radius 3 is 2.06 bits per heavy atom. The lowest BCUT2D eigenvalue weighted by Crippen LogP contribution is -2.51. The number of hydrogen-bond donors (Lipinski definition) is 7. The maximum absolute atomic E-state index is 9.32. The van der Waals surface area contributed by atoms with Crippen LogP contribution in [0.4, 0.5) is 0 Å². The smallest absolute Gasteiger partial charge is 0.155 e. The van der Waals surface area contributed by atoms with Crippen LogP contribution >= 0.6 is 0 Å². The predicted octanol–water partition coefficient (Wildman–Crippen LogP) is -3.03. The average Bonchev–Trinajstić information content (AvgIpc) is 2.65. The van der Waals surface area contributed by atoms with Gasteiger partial charge in [0.25, 0.3) is 0 Å². The van der Waals surface area contributed by atoms with Gasteiger partial charge in [0, 0.05) is 13.1 Å². The summed E-state index contributed by atoms with van der Waals surface area (Å²) >= 11 is 0. The molecule has 2 heterocycles. The predicted molar refractivity (Wildman–Crippen MR) is 58.8 cm³/mol. The van der Waals surface area contributed by atoms with Crippen LogP contribution in [0.2, 0.25) is 0 Å². The van der Waals surface area contributed by atoms with Crippen molar-refractivity contribution >= 4 is 0 Å². The molecule has 16 heavy (non-hydrogen) atoms. The molecule has 0 saturated heterocycles. The molecule has 7 N–H and O–H groups in total. The minimum absolute atomic E-state index is 0.000697. The van der Waals surface area contributed by atoms with Crippen LogP contribution in [0.15, 0.2) is 11.6 Å². The average molecular weight is 229 g/mol. The van der Waals surface area contributed by atoms with Crippen molar-refractivity contribution in [3.05, 3.63) is 11.6 Å². The maximum Gasteiger partial charge on any atom is 0.155 e. The molecule has 0 aliphatic carbocycles. The van der Waals surface area contributed by atoms with E-state index in [4.69, 9.17) is 0 Å². The van der Waals surface area contributed by atoms with E-state index in [0.717, 1.165) is 11.6 Å². The van der Waals surface area contributed by atoms with E-state index in [2.05, 4.69) is 26.6 Å². The summed E-state index contributed by atoms with van der Waals surface area (Å²) in [4.78, 5) is 0. The molecule has 0 spiro atoms. The zero-order valence-electron chi connectivity index (χ0n) is 9.30. The fourth-order valence-electron chi connectivity index (χ4n) is 1.78. The monoisotopic (exact) mass is 229 g/mol. The highest BCUT2D eigenvalue weighted by molar-refractivity contribution is 5.17. The molecule has 92 valence electrons. The van der Waals surface area contributed by atoms with Crippen molar-refractivity contribution in [1.29, 1.82) is 0 Å². The van der Waals surface area contributed by atoms with Crippen molar-refractivity contribution in [2.45, 2.75) is 6.29 Å². The maximum atomic E-state index is 9.32. The molecule has 0 unspecified atom stereocenters. The van der Waals surface area contributed by atoms with Crippen LogP contribution in [0.3, 0.4) is 0 Å². The fourth-order valence-corrected chi connectivity index (χ4v) is 1.78. The Balaban J connectivity index is 2.01. The van der Waals surface area contributed by atoms with Crippen LogP contribution in [0.5, 0.6) is 0 Å². The van der Waals surface area contributed by atoms with Gasteiger partial charge in [-0.1, -0.05) is 0 Å². The third kappa shape index (κ3) is 1.89. The van der Waals surface area contributed by atoms with Gasteiger partial charge in [-0.05, 0) is 7.05 Å². The molecule has 0 amide bonds. The third-order valence-electron chi connectivity index (χ3n) is 3.07. The van der Waals surface area contributed by atoms with Crippen LogP contribution in [-0.2, 0) is 0 Å². The van der Waals surface area contributed by atoms with Crippen LogP contribution in [0.25, 0.3) is 0 Å². The van der Waals surface area contributed by atoms with Gasteiger partial charge in [0.1, 0.15) is 11.6 Å². The van der Waals surface area contributed by atoms with Gasteiger partial charge in [0.05, 0.1) is 18.6 Å². The molecular weight excluding hydrogens is 210 g/mol. The summed E-state index contributed by atoms with van der Waals surface area (Å²) < 4.78 is 0. The first-order valence-electron chi connectivity index (χ1n) is 5.37. The second-order valence-electron chi connectivity index (χ2n) is 4.28. The highest BCUT2D eigenvalue weighted by Gasteiger charge is 2.34. The summed E-state index contributed by atoms with van der Waals surface area (Å²) in [5.74, 6) is 1.73. The zero-order valence-corrected chi connectivity index (χ0v) is 9.30. The van der Waals surface area contributed by atoms with E-state index in [-0.39, 0.29) is 19.5 Å². The summed E-state index contributed by atoms with van der Waals surface area (Å²) in [5, 5.41) is 34.4. The van der Waals surface area contributed by atoms with Gasteiger partial charge in [-0.15, -0.1) is 0 Å². The minimum Gasteiger partial charge on any atom is -0.396 e. The Labute approximate surface area is 94.3 Å². The highest BCUT2D eigenvalue weighted by atomic mass is 16.3. The number of hydrogen-bond acceptors (Lipinski definition) is 7. The highest BCUT2D eigenvalue weighted by Crippen LogP contribution is 2.18. The van der Waals surface area contributed by atoms with E-state index in [1.165, 1.54) is 0 Å². The molecule has 0 saturated carbocycles. The summed E-state index contributed by atoms with van der Waals surface area (Å²) in [5.41, 5.74) is -0.525. The molecule has 0 bridgehead atoms. The molecule has 0 radical (unpaired) electrons. The molecular formula is C9H19N5O2. The first-order chi connectivity index (χ1) is 7.73. The fraction of sp³-hybridized carbons (Fsp3) is 0.778. The molecule has 7 heteroatoms. The molecule has 2 aliphatic rings. The van der Waals surface area contributed by atoms with Gasteiger partial charge in [-0.25, -0.2) is 0 Å². The van der Waals surface area contributed by atoms with Gasteiger partial charge in [0.2, 0.25) is 0 Å². The number of nitrogens with one attached hydrogen (secondary N) is 5. The van der Waals surface area contributed by atoms with E-state index < -0.39 is 5.41 Å². The minimum atomic E-state index is -0.525. The van der Waals surface area contributed by atoms with Crippen molar-refractivity contribution in [2.24, 2.45) is 5.41 Å². The normalized spacial score (nSPS) is 23.7. The molecule has 0 aromatic heterocycles. The lowest BCUT2D eigenvalue weighted by Gasteiger charge is -2.29. The zero-order chi connectivity index (χ0) is 11.6. The lowest BCUT2D eigenvalue weighted by atomic mass is 9.90. The van der Waals surface area contributed by atoms with E-state index >= 15 is 0 Å². The standard InChI is InChI=1S/C9H19N5O2/c1-10-8-13-6-7(14-8)12-3-9(4-15,5-16)2-11-6/h8,10-16H,2-5H2,1H3. The van der Waals surface area contributed by atoms with Gasteiger partial charge < -0.3 is 31.5 Å². The Morgan fingerprint density at radius 1 is 1.19 bits per heavy atom. The molecule has 0 atom stereocenters. The quantitative estimate of drug-likeness (QED) is 0.276. The van der Waals surface area contributed by atoms with E-state index in [1.54, 1.807) is 0 Å². The Bertz CT molecular complexity index is 268. The first-order valence-corrected chi connectivity index (χ1v) is 5.37. The topological polar surface area (TPSA) is 101 Å². The molecule has 2 aliphatic heterocycles. The van der Waals surface area contributed by atoms with Crippen molar-refractivity contribution in [3.63, 3.8) is 0 Å². The second-order valence-corrected chi connectivity index (χ2v) is 4.28. The number of rotatable bonds is 3. The SMILES string of the molecule is CNC1NC2=C(NCC(CO)(CO)CN2)N1. The van der Waals surface area contributed by atoms with Crippen LogP contribution in [-0.4, -0.2) is 49.9 Å². The Kier molecular flexibility index (Phi) is 3.08. The summed E-state index contributed by atoms with van der Waals surface area (Å²) in [6.07, 6.45) is 0.000697. The summed E-state index contributed by atoms with van der Waals surface area (Å²) in [6, 6.07) is 0. The van der Waals surface area contributed by atoms with Crippen LogP contribution in [0, 0.1) is 5.41 Å². The van der Waals surface area contributed by atoms with Crippen molar-refractivity contribution in [1.82, 2.24) is 26.6 Å². The van der Waals surface area contributed by atoms with Gasteiger partial charge in [-0.2, -0.15) is 0 Å². The Morgan fingerprint density at radius 2 is 1.69 bits per heavy atom. The second kappa shape index (κ2) is 4.36. The largest absolute Gasteiger partial charge is 0.396 e. The Hall–Kier alpha value is -1.18. The summed E-state index contributed by atoms with van der Waals surface area (Å²) in [7, 11) is 1.85. The van der Waals surface area contributed by atoms with E-state index in [0.29, 0.717) is 13.1 Å². The molecule has 0 aromatic rings. The lowest BCUT2D eigenvalue weighted by molar-refractivity contribution is 0.0595.